The van der Waals surface area contributed by atoms with Crippen LogP contribution in [0, 0.1) is 5.82 Å². The summed E-state index contributed by atoms with van der Waals surface area (Å²) in [6.07, 6.45) is 1.33. The van der Waals surface area contributed by atoms with E-state index in [1.807, 2.05) is 19.2 Å². The lowest BCUT2D eigenvalue weighted by molar-refractivity contribution is -0.118. The number of nitrogens with zero attached hydrogens (tertiary/aromatic N) is 1. The molecular formula is C17H15BrFNO. The first-order valence-electron chi connectivity index (χ1n) is 6.85. The molecule has 0 radical (unpaired) electrons. The van der Waals surface area contributed by atoms with E-state index in [2.05, 4.69) is 22.0 Å². The number of fused-ring (bicyclic) bond motifs is 1. The zero-order valence-electron chi connectivity index (χ0n) is 11.6. The lowest BCUT2D eigenvalue weighted by Gasteiger charge is -2.26. The molecule has 3 rings (SSSR count). The normalized spacial score (nSPS) is 15.8. The van der Waals surface area contributed by atoms with Crippen molar-refractivity contribution in [2.24, 2.45) is 0 Å². The first kappa shape index (κ1) is 14.3. The van der Waals surface area contributed by atoms with E-state index in [-0.39, 0.29) is 16.6 Å². The van der Waals surface area contributed by atoms with Crippen molar-refractivity contribution in [2.45, 2.75) is 17.7 Å². The molecule has 0 spiro atoms. The Morgan fingerprint density at radius 2 is 1.76 bits per heavy atom. The summed E-state index contributed by atoms with van der Waals surface area (Å²) in [6.45, 7) is 0. The standard InChI is InChI=1S/C17H15BrFNO/c1-20-15-8-4-13(10-12(15)5-9-16(20)21)17(18)11-2-6-14(19)7-3-11/h2-4,6-8,10,17H,5,9H2,1H3. The largest absolute Gasteiger partial charge is 0.315 e. The lowest BCUT2D eigenvalue weighted by atomic mass is 9.96. The van der Waals surface area contributed by atoms with Gasteiger partial charge in [0.1, 0.15) is 5.82 Å². The highest BCUT2D eigenvalue weighted by molar-refractivity contribution is 9.09. The fourth-order valence-corrected chi connectivity index (χ4v) is 3.25. The number of hydrogen-bond acceptors (Lipinski definition) is 1. The second-order valence-electron chi connectivity index (χ2n) is 5.26. The molecular weight excluding hydrogens is 333 g/mol. The molecule has 0 aliphatic carbocycles. The number of benzene rings is 2. The predicted octanol–water partition coefficient (Wildman–Crippen LogP) is 4.22. The average Bonchev–Trinajstić information content (AvgIpc) is 2.51. The molecule has 108 valence electrons. The van der Waals surface area contributed by atoms with Crippen LogP contribution in [-0.2, 0) is 11.2 Å². The summed E-state index contributed by atoms with van der Waals surface area (Å²) in [6, 6.07) is 12.6. The molecule has 0 N–H and O–H groups in total. The quantitative estimate of drug-likeness (QED) is 0.745. The van der Waals surface area contributed by atoms with E-state index in [1.165, 1.54) is 17.7 Å². The fourth-order valence-electron chi connectivity index (χ4n) is 2.66. The smallest absolute Gasteiger partial charge is 0.227 e. The van der Waals surface area contributed by atoms with Gasteiger partial charge in [-0.05, 0) is 41.3 Å². The first-order chi connectivity index (χ1) is 10.1. The van der Waals surface area contributed by atoms with E-state index in [9.17, 15) is 9.18 Å². The third-order valence-electron chi connectivity index (χ3n) is 3.90. The molecule has 0 saturated carbocycles. The molecule has 0 saturated heterocycles. The summed E-state index contributed by atoms with van der Waals surface area (Å²) in [7, 11) is 1.81. The van der Waals surface area contributed by atoms with Crippen LogP contribution < -0.4 is 4.90 Å². The van der Waals surface area contributed by atoms with E-state index in [0.717, 1.165) is 23.2 Å². The van der Waals surface area contributed by atoms with Crippen LogP contribution in [0.1, 0.15) is 27.9 Å². The van der Waals surface area contributed by atoms with Gasteiger partial charge in [0.25, 0.3) is 0 Å². The van der Waals surface area contributed by atoms with Gasteiger partial charge in [-0.25, -0.2) is 4.39 Å². The minimum absolute atomic E-state index is 0.0198. The Morgan fingerprint density at radius 3 is 2.48 bits per heavy atom. The van der Waals surface area contributed by atoms with Gasteiger partial charge in [-0.3, -0.25) is 4.79 Å². The second-order valence-corrected chi connectivity index (χ2v) is 6.17. The Labute approximate surface area is 131 Å². The van der Waals surface area contributed by atoms with Crippen LogP contribution in [0.25, 0.3) is 0 Å². The van der Waals surface area contributed by atoms with Crippen molar-refractivity contribution < 1.29 is 9.18 Å². The highest BCUT2D eigenvalue weighted by atomic mass is 79.9. The lowest BCUT2D eigenvalue weighted by Crippen LogP contribution is -2.31. The molecule has 1 heterocycles. The minimum atomic E-state index is -0.232. The highest BCUT2D eigenvalue weighted by Gasteiger charge is 2.22. The minimum Gasteiger partial charge on any atom is -0.315 e. The SMILES string of the molecule is CN1C(=O)CCc2cc(C(Br)c3ccc(F)cc3)ccc21. The van der Waals surface area contributed by atoms with Gasteiger partial charge < -0.3 is 4.90 Å². The van der Waals surface area contributed by atoms with Crippen molar-refractivity contribution in [3.05, 3.63) is 65.0 Å². The topological polar surface area (TPSA) is 20.3 Å². The Kier molecular flexibility index (Phi) is 3.81. The van der Waals surface area contributed by atoms with Crippen molar-refractivity contribution in [3.63, 3.8) is 0 Å². The molecule has 4 heteroatoms. The number of alkyl halides is 1. The van der Waals surface area contributed by atoms with Gasteiger partial charge >= 0.3 is 0 Å². The molecule has 1 unspecified atom stereocenters. The monoisotopic (exact) mass is 347 g/mol. The van der Waals surface area contributed by atoms with Gasteiger partial charge in [-0.2, -0.15) is 0 Å². The van der Waals surface area contributed by atoms with Crippen molar-refractivity contribution >= 4 is 27.5 Å². The van der Waals surface area contributed by atoms with Crippen LogP contribution in [0.15, 0.2) is 42.5 Å². The van der Waals surface area contributed by atoms with Crippen molar-refractivity contribution in [3.8, 4) is 0 Å². The maximum absolute atomic E-state index is 13.0. The molecule has 21 heavy (non-hydrogen) atoms. The number of hydrogen-bond donors (Lipinski definition) is 0. The number of anilines is 1. The number of halogens is 2. The van der Waals surface area contributed by atoms with Gasteiger partial charge in [-0.1, -0.05) is 40.2 Å². The summed E-state index contributed by atoms with van der Waals surface area (Å²) in [5.41, 5.74) is 4.29. The number of carbonyl (C=O) groups is 1. The number of amides is 1. The number of rotatable bonds is 2. The molecule has 0 fully saturated rings. The van der Waals surface area contributed by atoms with Crippen molar-refractivity contribution in [1.82, 2.24) is 0 Å². The molecule has 1 aliphatic rings. The van der Waals surface area contributed by atoms with Crippen LogP contribution in [0.4, 0.5) is 10.1 Å². The molecule has 2 nitrogen and oxygen atoms in total. The second kappa shape index (κ2) is 5.60. The van der Waals surface area contributed by atoms with E-state index in [1.54, 1.807) is 17.0 Å². The predicted molar refractivity (Wildman–Crippen MR) is 85.3 cm³/mol. The Hall–Kier alpha value is -1.68. The maximum atomic E-state index is 13.0. The molecule has 0 bridgehead atoms. The Morgan fingerprint density at radius 1 is 1.10 bits per heavy atom. The van der Waals surface area contributed by atoms with Crippen molar-refractivity contribution in [2.75, 3.05) is 11.9 Å². The molecule has 2 aromatic rings. The average molecular weight is 348 g/mol. The van der Waals surface area contributed by atoms with E-state index < -0.39 is 0 Å². The van der Waals surface area contributed by atoms with Gasteiger partial charge in [-0.15, -0.1) is 0 Å². The number of aryl methyl sites for hydroxylation is 1. The molecule has 2 aromatic carbocycles. The first-order valence-corrected chi connectivity index (χ1v) is 7.77. The molecule has 1 aliphatic heterocycles. The molecule has 0 aromatic heterocycles. The van der Waals surface area contributed by atoms with Gasteiger partial charge in [0.15, 0.2) is 0 Å². The highest BCUT2D eigenvalue weighted by Crippen LogP contribution is 2.35. The summed E-state index contributed by atoms with van der Waals surface area (Å²) in [5, 5.41) is 0. The van der Waals surface area contributed by atoms with Gasteiger partial charge in [0, 0.05) is 19.2 Å². The zero-order valence-corrected chi connectivity index (χ0v) is 13.2. The van der Waals surface area contributed by atoms with Gasteiger partial charge in [0.2, 0.25) is 5.91 Å². The fraction of sp³-hybridized carbons (Fsp3) is 0.235. The third kappa shape index (κ3) is 2.72. The van der Waals surface area contributed by atoms with E-state index in [0.29, 0.717) is 6.42 Å². The summed E-state index contributed by atoms with van der Waals surface area (Å²) < 4.78 is 13.0. The van der Waals surface area contributed by atoms with Crippen LogP contribution >= 0.6 is 15.9 Å². The van der Waals surface area contributed by atoms with Crippen LogP contribution in [-0.4, -0.2) is 13.0 Å². The third-order valence-corrected chi connectivity index (χ3v) is 4.96. The van der Waals surface area contributed by atoms with E-state index >= 15 is 0 Å². The van der Waals surface area contributed by atoms with Crippen LogP contribution in [0.2, 0.25) is 0 Å². The van der Waals surface area contributed by atoms with Crippen LogP contribution in [0.3, 0.4) is 0 Å². The van der Waals surface area contributed by atoms with Crippen LogP contribution in [0.5, 0.6) is 0 Å². The maximum Gasteiger partial charge on any atom is 0.227 e. The summed E-state index contributed by atoms with van der Waals surface area (Å²) in [4.78, 5) is 13.4. The summed E-state index contributed by atoms with van der Waals surface area (Å²) in [5.74, 6) is -0.0757. The van der Waals surface area contributed by atoms with Crippen molar-refractivity contribution in [1.29, 1.82) is 0 Å². The molecule has 1 amide bonds. The number of carbonyl (C=O) groups excluding carboxylic acids is 1. The Balaban J connectivity index is 1.93. The van der Waals surface area contributed by atoms with E-state index in [4.69, 9.17) is 0 Å². The summed E-state index contributed by atoms with van der Waals surface area (Å²) >= 11 is 3.67. The Bertz CT molecular complexity index is 684. The zero-order chi connectivity index (χ0) is 15.0. The van der Waals surface area contributed by atoms with Gasteiger partial charge in [0.05, 0.1) is 4.83 Å². The molecule has 1 atom stereocenters.